The number of sulfonamides is 1. The van der Waals surface area contributed by atoms with Crippen LogP contribution in [0.15, 0.2) is 29.2 Å². The molecule has 1 atom stereocenters. The lowest BCUT2D eigenvalue weighted by Crippen LogP contribution is -2.48. The molecule has 1 saturated heterocycles. The van der Waals surface area contributed by atoms with Crippen LogP contribution in [-0.2, 0) is 14.8 Å². The van der Waals surface area contributed by atoms with Crippen molar-refractivity contribution in [3.05, 3.63) is 29.8 Å². The summed E-state index contributed by atoms with van der Waals surface area (Å²) >= 11 is 0. The molecule has 1 fully saturated rings. The van der Waals surface area contributed by atoms with E-state index in [4.69, 9.17) is 0 Å². The maximum atomic E-state index is 12.2. The molecule has 1 amide bonds. The van der Waals surface area contributed by atoms with E-state index >= 15 is 0 Å². The van der Waals surface area contributed by atoms with E-state index in [0.29, 0.717) is 6.54 Å². The van der Waals surface area contributed by atoms with Crippen molar-refractivity contribution in [3.63, 3.8) is 0 Å². The maximum absolute atomic E-state index is 12.2. The van der Waals surface area contributed by atoms with E-state index in [1.54, 1.807) is 36.2 Å². The van der Waals surface area contributed by atoms with Gasteiger partial charge in [-0.05, 0) is 38.4 Å². The zero-order chi connectivity index (χ0) is 16.9. The Morgan fingerprint density at radius 2 is 2.00 bits per heavy atom. The van der Waals surface area contributed by atoms with Gasteiger partial charge in [0.15, 0.2) is 0 Å². The highest BCUT2D eigenvalue weighted by atomic mass is 32.2. The summed E-state index contributed by atoms with van der Waals surface area (Å²) in [5, 5.41) is 3.21. The molecule has 1 aliphatic heterocycles. The first-order valence-corrected chi connectivity index (χ1v) is 9.43. The Kier molecular flexibility index (Phi) is 6.15. The number of piperidine rings is 1. The van der Waals surface area contributed by atoms with Crippen LogP contribution >= 0.6 is 0 Å². The van der Waals surface area contributed by atoms with Crippen LogP contribution in [0.25, 0.3) is 0 Å². The average Bonchev–Trinajstić information content (AvgIpc) is 2.55. The van der Waals surface area contributed by atoms with Crippen LogP contribution in [0, 0.1) is 6.92 Å². The third-order valence-corrected chi connectivity index (χ3v) is 5.53. The number of carbonyl (C=O) groups is 1. The van der Waals surface area contributed by atoms with Crippen molar-refractivity contribution in [1.82, 2.24) is 14.9 Å². The first kappa shape index (κ1) is 17.9. The fourth-order valence-corrected chi connectivity index (χ4v) is 3.61. The van der Waals surface area contributed by atoms with Crippen molar-refractivity contribution >= 4 is 15.9 Å². The molecular weight excluding hydrogens is 314 g/mol. The summed E-state index contributed by atoms with van der Waals surface area (Å²) in [5.74, 6) is 0.0271. The number of nitrogens with zero attached hydrogens (tertiary/aromatic N) is 1. The quantitative estimate of drug-likeness (QED) is 0.806. The van der Waals surface area contributed by atoms with Crippen LogP contribution in [0.1, 0.15) is 24.8 Å². The molecule has 0 aliphatic carbocycles. The molecule has 23 heavy (non-hydrogen) atoms. The molecule has 1 aliphatic rings. The number of amides is 1. The van der Waals surface area contributed by atoms with Gasteiger partial charge in [0.2, 0.25) is 15.9 Å². The van der Waals surface area contributed by atoms with E-state index in [1.807, 2.05) is 6.92 Å². The number of likely N-dealkylation sites (N-methyl/N-ethyl adjacent to an activating group) is 1. The fourth-order valence-electron chi connectivity index (χ4n) is 2.59. The van der Waals surface area contributed by atoms with Gasteiger partial charge in [-0.25, -0.2) is 13.1 Å². The second-order valence-corrected chi connectivity index (χ2v) is 7.74. The summed E-state index contributed by atoms with van der Waals surface area (Å²) < 4.78 is 26.9. The van der Waals surface area contributed by atoms with Gasteiger partial charge in [-0.2, -0.15) is 0 Å². The average molecular weight is 339 g/mol. The Bertz CT molecular complexity index is 622. The number of nitrogens with one attached hydrogen (secondary N) is 2. The van der Waals surface area contributed by atoms with Crippen molar-refractivity contribution in [3.8, 4) is 0 Å². The Morgan fingerprint density at radius 1 is 1.30 bits per heavy atom. The van der Waals surface area contributed by atoms with Gasteiger partial charge in [-0.3, -0.25) is 4.79 Å². The van der Waals surface area contributed by atoms with Crippen LogP contribution < -0.4 is 10.0 Å². The van der Waals surface area contributed by atoms with Gasteiger partial charge in [-0.15, -0.1) is 0 Å². The van der Waals surface area contributed by atoms with E-state index in [0.717, 1.165) is 31.4 Å². The highest BCUT2D eigenvalue weighted by molar-refractivity contribution is 7.89. The SMILES string of the molecule is Cc1ccc(S(=O)(=O)NCCN(C)C(=O)C2CCCCN2)cc1. The van der Waals surface area contributed by atoms with Crippen molar-refractivity contribution in [2.75, 3.05) is 26.7 Å². The minimum absolute atomic E-state index is 0.0271. The summed E-state index contributed by atoms with van der Waals surface area (Å²) in [6, 6.07) is 6.55. The van der Waals surface area contributed by atoms with Gasteiger partial charge in [0.05, 0.1) is 10.9 Å². The Hall–Kier alpha value is -1.44. The van der Waals surface area contributed by atoms with Gasteiger partial charge < -0.3 is 10.2 Å². The van der Waals surface area contributed by atoms with E-state index in [-0.39, 0.29) is 23.4 Å². The molecule has 6 nitrogen and oxygen atoms in total. The van der Waals surface area contributed by atoms with E-state index < -0.39 is 10.0 Å². The minimum atomic E-state index is -3.53. The van der Waals surface area contributed by atoms with Gasteiger partial charge in [0.1, 0.15) is 0 Å². The molecule has 0 saturated carbocycles. The first-order chi connectivity index (χ1) is 10.9. The second-order valence-electron chi connectivity index (χ2n) is 5.97. The third kappa shape index (κ3) is 5.02. The molecule has 1 aromatic carbocycles. The van der Waals surface area contributed by atoms with Crippen molar-refractivity contribution in [2.45, 2.75) is 37.1 Å². The highest BCUT2D eigenvalue weighted by Crippen LogP contribution is 2.10. The molecule has 2 N–H and O–H groups in total. The van der Waals surface area contributed by atoms with Crippen LogP contribution in [0.3, 0.4) is 0 Å². The predicted molar refractivity (Wildman–Crippen MR) is 89.6 cm³/mol. The lowest BCUT2D eigenvalue weighted by molar-refractivity contribution is -0.132. The van der Waals surface area contributed by atoms with Crippen LogP contribution in [-0.4, -0.2) is 51.9 Å². The van der Waals surface area contributed by atoms with Crippen LogP contribution in [0.5, 0.6) is 0 Å². The van der Waals surface area contributed by atoms with E-state index in [2.05, 4.69) is 10.0 Å². The highest BCUT2D eigenvalue weighted by Gasteiger charge is 2.23. The molecule has 7 heteroatoms. The number of benzene rings is 1. The Labute approximate surface area is 138 Å². The molecule has 1 aromatic rings. The van der Waals surface area contributed by atoms with Crippen molar-refractivity contribution < 1.29 is 13.2 Å². The lowest BCUT2D eigenvalue weighted by atomic mass is 10.0. The lowest BCUT2D eigenvalue weighted by Gasteiger charge is -2.27. The number of hydrogen-bond donors (Lipinski definition) is 2. The van der Waals surface area contributed by atoms with Crippen LogP contribution in [0.2, 0.25) is 0 Å². The summed E-state index contributed by atoms with van der Waals surface area (Å²) in [4.78, 5) is 14.1. The molecule has 1 heterocycles. The van der Waals surface area contributed by atoms with Crippen LogP contribution in [0.4, 0.5) is 0 Å². The second kappa shape index (κ2) is 7.90. The molecule has 2 rings (SSSR count). The Morgan fingerprint density at radius 3 is 2.61 bits per heavy atom. The number of rotatable bonds is 6. The van der Waals surface area contributed by atoms with Gasteiger partial charge in [-0.1, -0.05) is 24.1 Å². The minimum Gasteiger partial charge on any atom is -0.343 e. The maximum Gasteiger partial charge on any atom is 0.240 e. The fraction of sp³-hybridized carbons (Fsp3) is 0.562. The van der Waals surface area contributed by atoms with Gasteiger partial charge >= 0.3 is 0 Å². The monoisotopic (exact) mass is 339 g/mol. The molecular formula is C16H25N3O3S. The normalized spacial score (nSPS) is 18.6. The zero-order valence-corrected chi connectivity index (χ0v) is 14.5. The summed E-state index contributed by atoms with van der Waals surface area (Å²) in [7, 11) is -1.82. The molecule has 0 radical (unpaired) electrons. The molecule has 0 bridgehead atoms. The third-order valence-electron chi connectivity index (χ3n) is 4.06. The number of hydrogen-bond acceptors (Lipinski definition) is 4. The number of aryl methyl sites for hydroxylation is 1. The number of carbonyl (C=O) groups excluding carboxylic acids is 1. The summed E-state index contributed by atoms with van der Waals surface area (Å²) in [6.45, 7) is 3.32. The van der Waals surface area contributed by atoms with Crippen molar-refractivity contribution in [2.24, 2.45) is 0 Å². The van der Waals surface area contributed by atoms with Crippen molar-refractivity contribution in [1.29, 1.82) is 0 Å². The molecule has 0 aromatic heterocycles. The van der Waals surface area contributed by atoms with Gasteiger partial charge in [0, 0.05) is 20.1 Å². The topological polar surface area (TPSA) is 78.5 Å². The largest absolute Gasteiger partial charge is 0.343 e. The van der Waals surface area contributed by atoms with E-state index in [1.165, 1.54) is 0 Å². The predicted octanol–water partition coefficient (Wildman–Crippen LogP) is 0.874. The molecule has 0 spiro atoms. The standard InChI is InChI=1S/C16H25N3O3S/c1-13-6-8-14(9-7-13)23(21,22)18-11-12-19(2)16(20)15-5-3-4-10-17-15/h6-9,15,17-18H,3-5,10-12H2,1-2H3. The summed E-state index contributed by atoms with van der Waals surface area (Å²) in [5.41, 5.74) is 1.01. The molecule has 128 valence electrons. The smallest absolute Gasteiger partial charge is 0.240 e. The summed E-state index contributed by atoms with van der Waals surface area (Å²) in [6.07, 6.45) is 3.00. The van der Waals surface area contributed by atoms with E-state index in [9.17, 15) is 13.2 Å². The first-order valence-electron chi connectivity index (χ1n) is 7.95. The molecule has 1 unspecified atom stereocenters. The Balaban J connectivity index is 1.83. The zero-order valence-electron chi connectivity index (χ0n) is 13.7. The van der Waals surface area contributed by atoms with Gasteiger partial charge in [0.25, 0.3) is 0 Å².